The normalized spacial score (nSPS) is 14.2. The minimum Gasteiger partial charge on any atom is -0.493 e. The molecule has 0 atom stereocenters. The number of thiol groups is 1. The van der Waals surface area contributed by atoms with Crippen LogP contribution in [0.1, 0.15) is 5.56 Å². The molecule has 10 heteroatoms. The molecule has 1 aliphatic heterocycles. The summed E-state index contributed by atoms with van der Waals surface area (Å²) < 4.78 is 10.6. The molecule has 0 bridgehead atoms. The van der Waals surface area contributed by atoms with Crippen LogP contribution in [-0.4, -0.2) is 40.1 Å². The number of fused-ring (bicyclic) bond motifs is 1. The highest BCUT2D eigenvalue weighted by Crippen LogP contribution is 2.42. The Bertz CT molecular complexity index is 731. The van der Waals surface area contributed by atoms with Crippen molar-refractivity contribution in [1.29, 1.82) is 0 Å². The summed E-state index contributed by atoms with van der Waals surface area (Å²) in [7, 11) is 4.99. The third-order valence-corrected chi connectivity index (χ3v) is 3.99. The fourth-order valence-corrected chi connectivity index (χ4v) is 2.69. The standard InChI is InChI=1S/C14H18N6O3S/c1-20-6-9(14(21)16-7-17-19-18-15)13(24)8-4-11(22-2)12(23-3)5-10(8)20/h4-5,7,24H,6H2,1-3H3,(H2,15,19)(H,16,17,18,21). The zero-order valence-corrected chi connectivity index (χ0v) is 14.4. The predicted molar refractivity (Wildman–Crippen MR) is 94.4 cm³/mol. The average Bonchev–Trinajstić information content (AvgIpc) is 2.60. The Balaban J connectivity index is 2.41. The third-order valence-electron chi connectivity index (χ3n) is 3.48. The van der Waals surface area contributed by atoms with Crippen LogP contribution in [0.15, 0.2) is 33.3 Å². The molecule has 0 spiro atoms. The van der Waals surface area contributed by atoms with E-state index < -0.39 is 0 Å². The van der Waals surface area contributed by atoms with Crippen molar-refractivity contribution >= 4 is 35.5 Å². The molecular formula is C14H18N6O3S. The Hall–Kier alpha value is -2.75. The molecule has 1 aromatic carbocycles. The van der Waals surface area contributed by atoms with E-state index in [1.807, 2.05) is 18.0 Å². The van der Waals surface area contributed by atoms with Gasteiger partial charge in [-0.05, 0) is 11.3 Å². The number of nitrogens with zero attached hydrogens (tertiary/aromatic N) is 4. The zero-order valence-electron chi connectivity index (χ0n) is 13.5. The molecule has 0 unspecified atom stereocenters. The van der Waals surface area contributed by atoms with Crippen molar-refractivity contribution in [3.05, 3.63) is 23.3 Å². The fraction of sp³-hybridized carbons (Fsp3) is 0.286. The highest BCUT2D eigenvalue weighted by molar-refractivity contribution is 7.90. The molecule has 1 aromatic rings. The van der Waals surface area contributed by atoms with Crippen LogP contribution in [0.2, 0.25) is 0 Å². The monoisotopic (exact) mass is 350 g/mol. The highest BCUT2D eigenvalue weighted by atomic mass is 32.1. The van der Waals surface area contributed by atoms with E-state index in [1.54, 1.807) is 20.3 Å². The van der Waals surface area contributed by atoms with E-state index in [0.717, 1.165) is 17.6 Å². The molecule has 0 saturated carbocycles. The number of amides is 1. The van der Waals surface area contributed by atoms with E-state index in [4.69, 9.17) is 15.3 Å². The molecule has 0 aromatic heterocycles. The molecule has 9 nitrogen and oxygen atoms in total. The number of carbonyl (C=O) groups is 1. The summed E-state index contributed by atoms with van der Waals surface area (Å²) in [6.07, 6.45) is 1.11. The summed E-state index contributed by atoms with van der Waals surface area (Å²) in [6, 6.07) is 3.64. The number of anilines is 1. The van der Waals surface area contributed by atoms with Gasteiger partial charge in [-0.2, -0.15) is 0 Å². The first-order chi connectivity index (χ1) is 11.5. The van der Waals surface area contributed by atoms with Gasteiger partial charge in [0.1, 0.15) is 6.34 Å². The lowest BCUT2D eigenvalue weighted by atomic mass is 10.0. The van der Waals surface area contributed by atoms with Gasteiger partial charge in [0.25, 0.3) is 5.91 Å². The lowest BCUT2D eigenvalue weighted by molar-refractivity contribution is -0.116. The third kappa shape index (κ3) is 3.43. The molecule has 1 aliphatic rings. The SMILES string of the molecule is COc1cc2c(cc1OC)N(C)CC(C(=O)N/C=N/N=N\N)=C2S. The number of methoxy groups -OCH3 is 2. The van der Waals surface area contributed by atoms with Crippen LogP contribution in [-0.2, 0) is 4.79 Å². The lowest BCUT2D eigenvalue weighted by Crippen LogP contribution is -2.34. The van der Waals surface area contributed by atoms with Crippen molar-refractivity contribution in [3.8, 4) is 11.5 Å². The van der Waals surface area contributed by atoms with Gasteiger partial charge in [-0.1, -0.05) is 5.22 Å². The number of nitrogens with two attached hydrogens (primary N) is 1. The highest BCUT2D eigenvalue weighted by Gasteiger charge is 2.26. The Morgan fingerprint density at radius 2 is 2.04 bits per heavy atom. The molecule has 0 fully saturated rings. The van der Waals surface area contributed by atoms with E-state index in [9.17, 15) is 4.79 Å². The van der Waals surface area contributed by atoms with Gasteiger partial charge in [-0.15, -0.1) is 17.7 Å². The van der Waals surface area contributed by atoms with Crippen LogP contribution in [0.25, 0.3) is 4.91 Å². The van der Waals surface area contributed by atoms with Crippen molar-refractivity contribution in [2.75, 3.05) is 32.7 Å². The summed E-state index contributed by atoms with van der Waals surface area (Å²) in [5.41, 5.74) is 2.14. The van der Waals surface area contributed by atoms with E-state index in [-0.39, 0.29) is 5.91 Å². The van der Waals surface area contributed by atoms with E-state index in [2.05, 4.69) is 33.5 Å². The predicted octanol–water partition coefficient (Wildman–Crippen LogP) is 1.18. The largest absolute Gasteiger partial charge is 0.493 e. The maximum Gasteiger partial charge on any atom is 0.255 e. The van der Waals surface area contributed by atoms with E-state index in [0.29, 0.717) is 28.5 Å². The van der Waals surface area contributed by atoms with Crippen LogP contribution < -0.4 is 25.5 Å². The summed E-state index contributed by atoms with van der Waals surface area (Å²) in [5.74, 6) is 5.64. The minimum atomic E-state index is -0.344. The summed E-state index contributed by atoms with van der Waals surface area (Å²) in [6.45, 7) is 0.374. The average molecular weight is 350 g/mol. The maximum absolute atomic E-state index is 12.3. The molecule has 0 radical (unpaired) electrons. The van der Waals surface area contributed by atoms with Gasteiger partial charge in [0.2, 0.25) is 0 Å². The number of likely N-dealkylation sites (N-methyl/N-ethyl adjacent to an activating group) is 1. The van der Waals surface area contributed by atoms with Gasteiger partial charge in [-0.25, -0.2) is 0 Å². The Kier molecular flexibility index (Phi) is 5.64. The maximum atomic E-state index is 12.3. The summed E-state index contributed by atoms with van der Waals surface area (Å²) in [4.78, 5) is 14.8. The lowest BCUT2D eigenvalue weighted by Gasteiger charge is -2.30. The smallest absolute Gasteiger partial charge is 0.255 e. The minimum absolute atomic E-state index is 0.344. The topological polar surface area (TPSA) is 114 Å². The van der Waals surface area contributed by atoms with Crippen molar-refractivity contribution in [2.45, 2.75) is 0 Å². The molecule has 1 heterocycles. The number of hydrogen-bond acceptors (Lipinski definition) is 7. The van der Waals surface area contributed by atoms with Crippen LogP contribution in [0.5, 0.6) is 11.5 Å². The molecule has 0 saturated heterocycles. The molecule has 2 rings (SSSR count). The van der Waals surface area contributed by atoms with Gasteiger partial charge in [-0.3, -0.25) is 4.79 Å². The quantitative estimate of drug-likeness (QED) is 0.184. The molecule has 128 valence electrons. The second-order valence-electron chi connectivity index (χ2n) is 4.83. The molecular weight excluding hydrogens is 332 g/mol. The Morgan fingerprint density at radius 3 is 2.67 bits per heavy atom. The van der Waals surface area contributed by atoms with Crippen LogP contribution in [0, 0.1) is 0 Å². The van der Waals surface area contributed by atoms with Gasteiger partial charge in [0.05, 0.1) is 19.8 Å². The fourth-order valence-electron chi connectivity index (χ4n) is 2.34. The Labute approximate surface area is 144 Å². The number of carbonyl (C=O) groups excluding carboxylic acids is 1. The number of rotatable bonds is 5. The number of benzene rings is 1. The second kappa shape index (κ2) is 7.68. The van der Waals surface area contributed by atoms with Crippen molar-refractivity contribution < 1.29 is 14.3 Å². The Morgan fingerprint density at radius 1 is 1.38 bits per heavy atom. The van der Waals surface area contributed by atoms with Gasteiger partial charge >= 0.3 is 0 Å². The van der Waals surface area contributed by atoms with E-state index >= 15 is 0 Å². The van der Waals surface area contributed by atoms with Gasteiger partial charge < -0.3 is 25.5 Å². The van der Waals surface area contributed by atoms with Crippen LogP contribution >= 0.6 is 12.6 Å². The number of ether oxygens (including phenoxy) is 2. The first-order valence-electron chi connectivity index (χ1n) is 6.85. The summed E-state index contributed by atoms with van der Waals surface area (Å²) >= 11 is 4.52. The molecule has 0 aliphatic carbocycles. The first-order valence-corrected chi connectivity index (χ1v) is 7.30. The molecule has 24 heavy (non-hydrogen) atoms. The van der Waals surface area contributed by atoms with Crippen molar-refractivity contribution in [1.82, 2.24) is 5.32 Å². The van der Waals surface area contributed by atoms with E-state index in [1.165, 1.54) is 0 Å². The summed E-state index contributed by atoms with van der Waals surface area (Å²) in [5, 5.41) is 12.1. The zero-order chi connectivity index (χ0) is 17.7. The second-order valence-corrected chi connectivity index (χ2v) is 5.28. The molecule has 1 amide bonds. The van der Waals surface area contributed by atoms with Crippen molar-refractivity contribution in [2.24, 2.45) is 21.4 Å². The number of hydrogen-bond donors (Lipinski definition) is 3. The molecule has 3 N–H and O–H groups in total. The van der Waals surface area contributed by atoms with Gasteiger partial charge in [0.15, 0.2) is 11.5 Å². The number of nitrogens with one attached hydrogen (secondary N) is 1. The first kappa shape index (κ1) is 17.6. The van der Waals surface area contributed by atoms with Crippen LogP contribution in [0.3, 0.4) is 0 Å². The van der Waals surface area contributed by atoms with Crippen LogP contribution in [0.4, 0.5) is 5.69 Å². The van der Waals surface area contributed by atoms with Crippen molar-refractivity contribution in [3.63, 3.8) is 0 Å². The van der Waals surface area contributed by atoms with Gasteiger partial charge in [0, 0.05) is 35.8 Å².